The van der Waals surface area contributed by atoms with Crippen LogP contribution in [-0.4, -0.2) is 65.8 Å². The lowest BCUT2D eigenvalue weighted by Gasteiger charge is -2.36. The number of rotatable bonds is 11. The minimum absolute atomic E-state index is 0.0237. The van der Waals surface area contributed by atoms with Crippen molar-refractivity contribution in [3.05, 3.63) is 106 Å². The van der Waals surface area contributed by atoms with E-state index in [1.54, 1.807) is 12.1 Å². The maximum absolute atomic E-state index is 13.5. The smallest absolute Gasteiger partial charge is 0.254 e. The molecule has 1 saturated heterocycles. The van der Waals surface area contributed by atoms with E-state index >= 15 is 0 Å². The molecule has 0 spiro atoms. The van der Waals surface area contributed by atoms with Crippen molar-refractivity contribution in [2.24, 2.45) is 0 Å². The van der Waals surface area contributed by atoms with Gasteiger partial charge in [0.25, 0.3) is 11.8 Å². The molecule has 206 valence electrons. The van der Waals surface area contributed by atoms with Crippen LogP contribution in [0.15, 0.2) is 72.8 Å². The summed E-state index contributed by atoms with van der Waals surface area (Å²) in [4.78, 5) is 32.6. The fourth-order valence-electron chi connectivity index (χ4n) is 5.06. The third-order valence-electron chi connectivity index (χ3n) is 7.56. The SMILES string of the molecule is CCCCCc1ccc(C(=O)N2CCN(CCN(Cc3ccc(F)cc3)C(=O)c3ccccc3C)CC2)cc1. The maximum Gasteiger partial charge on any atom is 0.254 e. The van der Waals surface area contributed by atoms with Crippen LogP contribution in [-0.2, 0) is 13.0 Å². The number of amides is 2. The first-order chi connectivity index (χ1) is 18.9. The number of aryl methyl sites for hydroxylation is 2. The molecule has 1 aliphatic rings. The summed E-state index contributed by atoms with van der Waals surface area (Å²) in [5.74, 6) is -0.224. The highest BCUT2D eigenvalue weighted by atomic mass is 19.1. The molecule has 1 heterocycles. The van der Waals surface area contributed by atoms with E-state index < -0.39 is 0 Å². The van der Waals surface area contributed by atoms with Gasteiger partial charge in [0, 0.05) is 56.9 Å². The fraction of sp³-hybridized carbons (Fsp3) is 0.394. The van der Waals surface area contributed by atoms with E-state index in [1.165, 1.54) is 37.0 Å². The Kier molecular flexibility index (Phi) is 10.3. The van der Waals surface area contributed by atoms with Gasteiger partial charge in [-0.15, -0.1) is 0 Å². The number of hydrogen-bond acceptors (Lipinski definition) is 3. The van der Waals surface area contributed by atoms with E-state index in [2.05, 4.69) is 24.0 Å². The summed E-state index contributed by atoms with van der Waals surface area (Å²) >= 11 is 0. The van der Waals surface area contributed by atoms with Crippen molar-refractivity contribution in [3.63, 3.8) is 0 Å². The standard InChI is InChI=1S/C33H40FN3O2/c1-3-4-5-9-27-11-15-29(16-12-27)32(38)36-22-19-35(20-23-36)21-24-37(25-28-13-17-30(34)18-14-28)33(39)31-10-7-6-8-26(31)2/h6-8,10-18H,3-5,9,19-25H2,1-2H3. The monoisotopic (exact) mass is 529 g/mol. The molecule has 0 unspecified atom stereocenters. The van der Waals surface area contributed by atoms with Gasteiger partial charge in [0.2, 0.25) is 0 Å². The predicted octanol–water partition coefficient (Wildman–Crippen LogP) is 5.97. The lowest BCUT2D eigenvalue weighted by Crippen LogP contribution is -2.50. The van der Waals surface area contributed by atoms with Crippen LogP contribution >= 0.6 is 0 Å². The second-order valence-corrected chi connectivity index (χ2v) is 10.5. The number of carbonyl (C=O) groups excluding carboxylic acids is 2. The molecule has 0 saturated carbocycles. The lowest BCUT2D eigenvalue weighted by molar-refractivity contribution is 0.0598. The van der Waals surface area contributed by atoms with E-state index in [0.717, 1.165) is 36.2 Å². The molecule has 5 nitrogen and oxygen atoms in total. The molecule has 0 aliphatic carbocycles. The van der Waals surface area contributed by atoms with Gasteiger partial charge in [-0.3, -0.25) is 14.5 Å². The molecular weight excluding hydrogens is 489 g/mol. The summed E-state index contributed by atoms with van der Waals surface area (Å²) in [6.07, 6.45) is 4.68. The minimum Gasteiger partial charge on any atom is -0.336 e. The van der Waals surface area contributed by atoms with E-state index in [9.17, 15) is 14.0 Å². The van der Waals surface area contributed by atoms with Crippen molar-refractivity contribution in [1.82, 2.24) is 14.7 Å². The van der Waals surface area contributed by atoms with Crippen LogP contribution in [0.5, 0.6) is 0 Å². The molecule has 0 atom stereocenters. The largest absolute Gasteiger partial charge is 0.336 e. The van der Waals surface area contributed by atoms with Gasteiger partial charge < -0.3 is 9.80 Å². The van der Waals surface area contributed by atoms with Gasteiger partial charge in [-0.2, -0.15) is 0 Å². The molecule has 39 heavy (non-hydrogen) atoms. The fourth-order valence-corrected chi connectivity index (χ4v) is 5.06. The molecule has 3 aromatic rings. The second kappa shape index (κ2) is 14.0. The quantitative estimate of drug-likeness (QED) is 0.288. The highest BCUT2D eigenvalue weighted by Gasteiger charge is 2.24. The first-order valence-electron chi connectivity index (χ1n) is 14.1. The summed E-state index contributed by atoms with van der Waals surface area (Å²) < 4.78 is 13.4. The number of halogens is 1. The second-order valence-electron chi connectivity index (χ2n) is 10.5. The van der Waals surface area contributed by atoms with Gasteiger partial charge in [0.05, 0.1) is 0 Å². The maximum atomic E-state index is 13.5. The van der Waals surface area contributed by atoms with Crippen LogP contribution < -0.4 is 0 Å². The van der Waals surface area contributed by atoms with Gasteiger partial charge in [0.15, 0.2) is 0 Å². The number of nitrogens with zero attached hydrogens (tertiary/aromatic N) is 3. The first-order valence-corrected chi connectivity index (χ1v) is 14.1. The van der Waals surface area contributed by atoms with E-state index in [0.29, 0.717) is 38.3 Å². The van der Waals surface area contributed by atoms with Crippen LogP contribution in [0.3, 0.4) is 0 Å². The molecule has 1 fully saturated rings. The first kappa shape index (κ1) is 28.5. The normalized spacial score (nSPS) is 13.9. The van der Waals surface area contributed by atoms with Crippen LogP contribution in [0.25, 0.3) is 0 Å². The number of piperazine rings is 1. The summed E-state index contributed by atoms with van der Waals surface area (Å²) in [5.41, 5.74) is 4.55. The molecular formula is C33H40FN3O2. The summed E-state index contributed by atoms with van der Waals surface area (Å²) in [6, 6.07) is 22.0. The lowest BCUT2D eigenvalue weighted by atomic mass is 10.0. The Hall–Kier alpha value is -3.51. The zero-order valence-corrected chi connectivity index (χ0v) is 23.2. The Morgan fingerprint density at radius 1 is 0.846 bits per heavy atom. The van der Waals surface area contributed by atoms with Crippen molar-refractivity contribution in [2.45, 2.75) is 46.1 Å². The van der Waals surface area contributed by atoms with Crippen LogP contribution in [0.4, 0.5) is 4.39 Å². The third-order valence-corrected chi connectivity index (χ3v) is 7.56. The summed E-state index contributed by atoms with van der Waals surface area (Å²) in [7, 11) is 0. The van der Waals surface area contributed by atoms with Crippen LogP contribution in [0.1, 0.15) is 63.6 Å². The van der Waals surface area contributed by atoms with Crippen molar-refractivity contribution in [3.8, 4) is 0 Å². The molecule has 4 rings (SSSR count). The zero-order valence-electron chi connectivity index (χ0n) is 23.2. The van der Waals surface area contributed by atoms with Gasteiger partial charge >= 0.3 is 0 Å². The third kappa shape index (κ3) is 7.99. The highest BCUT2D eigenvalue weighted by Crippen LogP contribution is 2.16. The summed E-state index contributed by atoms with van der Waals surface area (Å²) in [5, 5.41) is 0. The molecule has 0 radical (unpaired) electrons. The molecule has 1 aliphatic heterocycles. The van der Waals surface area contributed by atoms with Crippen molar-refractivity contribution < 1.29 is 14.0 Å². The van der Waals surface area contributed by atoms with Gasteiger partial charge in [-0.1, -0.05) is 62.2 Å². The Morgan fingerprint density at radius 2 is 1.51 bits per heavy atom. The molecule has 0 bridgehead atoms. The number of benzene rings is 3. The molecule has 0 N–H and O–H groups in total. The topological polar surface area (TPSA) is 43.9 Å². The zero-order chi connectivity index (χ0) is 27.6. The van der Waals surface area contributed by atoms with Gasteiger partial charge in [-0.25, -0.2) is 4.39 Å². The average Bonchev–Trinajstić information content (AvgIpc) is 2.96. The number of unbranched alkanes of at least 4 members (excludes halogenated alkanes) is 2. The van der Waals surface area contributed by atoms with Gasteiger partial charge in [-0.05, 0) is 66.8 Å². The molecule has 2 amide bonds. The minimum atomic E-state index is -0.286. The molecule has 6 heteroatoms. The van der Waals surface area contributed by atoms with E-state index in [4.69, 9.17) is 0 Å². The van der Waals surface area contributed by atoms with Gasteiger partial charge in [0.1, 0.15) is 5.82 Å². The summed E-state index contributed by atoms with van der Waals surface area (Å²) in [6.45, 7) is 8.71. The number of carbonyl (C=O) groups is 2. The van der Waals surface area contributed by atoms with E-state index in [-0.39, 0.29) is 17.6 Å². The predicted molar refractivity (Wildman–Crippen MR) is 154 cm³/mol. The molecule has 0 aromatic heterocycles. The van der Waals surface area contributed by atoms with Crippen molar-refractivity contribution in [1.29, 1.82) is 0 Å². The highest BCUT2D eigenvalue weighted by molar-refractivity contribution is 5.95. The average molecular weight is 530 g/mol. The van der Waals surface area contributed by atoms with Crippen molar-refractivity contribution in [2.75, 3.05) is 39.3 Å². The molecule has 3 aromatic carbocycles. The number of hydrogen-bond donors (Lipinski definition) is 0. The van der Waals surface area contributed by atoms with Crippen molar-refractivity contribution >= 4 is 11.8 Å². The van der Waals surface area contributed by atoms with E-state index in [1.807, 2.05) is 53.1 Å². The Morgan fingerprint density at radius 3 is 2.18 bits per heavy atom. The van der Waals surface area contributed by atoms with Crippen LogP contribution in [0.2, 0.25) is 0 Å². The Balaban J connectivity index is 1.32. The Bertz CT molecular complexity index is 1220. The van der Waals surface area contributed by atoms with Crippen LogP contribution in [0, 0.1) is 12.7 Å². The Labute approximate surface area is 232 Å².